The molecule has 0 saturated carbocycles. The Hall–Kier alpha value is -2.62. The lowest BCUT2D eigenvalue weighted by molar-refractivity contribution is 1.12. The van der Waals surface area contributed by atoms with Crippen molar-refractivity contribution in [1.82, 2.24) is 10.2 Å². The fourth-order valence-corrected chi connectivity index (χ4v) is 2.01. The fourth-order valence-electron chi connectivity index (χ4n) is 2.01. The summed E-state index contributed by atoms with van der Waals surface area (Å²) in [7, 11) is 4.06. The molecule has 1 heterocycles. The van der Waals surface area contributed by atoms with Gasteiger partial charge in [0, 0.05) is 31.4 Å². The minimum Gasteiger partial charge on any atom is -0.378 e. The smallest absolute Gasteiger partial charge is 0.0671 e. The van der Waals surface area contributed by atoms with E-state index in [9.17, 15) is 0 Å². The molecule has 0 atom stereocenters. The van der Waals surface area contributed by atoms with Crippen molar-refractivity contribution in [1.29, 1.82) is 0 Å². The number of aromatic amines is 1. The van der Waals surface area contributed by atoms with Crippen LogP contribution in [-0.4, -0.2) is 30.5 Å². The van der Waals surface area contributed by atoms with E-state index in [0.717, 1.165) is 22.2 Å². The normalized spacial score (nSPS) is 11.3. The zero-order valence-corrected chi connectivity index (χ0v) is 11.5. The van der Waals surface area contributed by atoms with E-state index in [1.165, 1.54) is 5.69 Å². The first-order valence-electron chi connectivity index (χ1n) is 6.47. The van der Waals surface area contributed by atoms with Crippen LogP contribution in [0.1, 0.15) is 5.56 Å². The highest BCUT2D eigenvalue weighted by atomic mass is 15.1. The maximum absolute atomic E-state index is 4.49. The number of hydrogen-bond donors (Lipinski definition) is 1. The zero-order valence-electron chi connectivity index (χ0n) is 11.5. The summed E-state index contributed by atoms with van der Waals surface area (Å²) in [5, 5.41) is 8.05. The topological polar surface area (TPSA) is 44.3 Å². The molecule has 0 saturated heterocycles. The van der Waals surface area contributed by atoms with Crippen molar-refractivity contribution >= 4 is 28.5 Å². The van der Waals surface area contributed by atoms with Gasteiger partial charge in [-0.15, -0.1) is 0 Å². The van der Waals surface area contributed by atoms with Gasteiger partial charge in [-0.2, -0.15) is 5.10 Å². The quantitative estimate of drug-likeness (QED) is 0.737. The third kappa shape index (κ3) is 2.54. The second kappa shape index (κ2) is 5.17. The van der Waals surface area contributed by atoms with Gasteiger partial charge >= 0.3 is 0 Å². The van der Waals surface area contributed by atoms with Crippen molar-refractivity contribution in [2.45, 2.75) is 0 Å². The first kappa shape index (κ1) is 12.4. The second-order valence-electron chi connectivity index (χ2n) is 4.89. The molecule has 4 heteroatoms. The van der Waals surface area contributed by atoms with Crippen LogP contribution >= 0.6 is 0 Å². The van der Waals surface area contributed by atoms with Gasteiger partial charge in [0.25, 0.3) is 0 Å². The fraction of sp³-hybridized carbons (Fsp3) is 0.125. The third-order valence-electron chi connectivity index (χ3n) is 3.20. The van der Waals surface area contributed by atoms with E-state index in [-0.39, 0.29) is 0 Å². The number of hydrogen-bond acceptors (Lipinski definition) is 3. The van der Waals surface area contributed by atoms with Crippen LogP contribution in [0.2, 0.25) is 0 Å². The predicted molar refractivity (Wildman–Crippen MR) is 84.1 cm³/mol. The lowest BCUT2D eigenvalue weighted by Gasteiger charge is -2.11. The second-order valence-corrected chi connectivity index (χ2v) is 4.89. The molecule has 0 amide bonds. The Morgan fingerprint density at radius 1 is 1.10 bits per heavy atom. The van der Waals surface area contributed by atoms with Gasteiger partial charge in [-0.05, 0) is 35.9 Å². The SMILES string of the molecule is CN(C)c1ccc(C=Nc2ccc3cn[nH]c3c2)cc1. The zero-order chi connectivity index (χ0) is 13.9. The number of aliphatic imine (C=N–C) groups is 1. The molecule has 1 N–H and O–H groups in total. The third-order valence-corrected chi connectivity index (χ3v) is 3.20. The summed E-state index contributed by atoms with van der Waals surface area (Å²) in [6.45, 7) is 0. The van der Waals surface area contributed by atoms with Crippen LogP contribution in [0.5, 0.6) is 0 Å². The maximum Gasteiger partial charge on any atom is 0.0671 e. The minimum atomic E-state index is 0.915. The number of aromatic nitrogens is 2. The summed E-state index contributed by atoms with van der Waals surface area (Å²) in [6, 6.07) is 14.3. The van der Waals surface area contributed by atoms with Gasteiger partial charge in [-0.3, -0.25) is 10.1 Å². The van der Waals surface area contributed by atoms with Crippen molar-refractivity contribution in [2.75, 3.05) is 19.0 Å². The number of fused-ring (bicyclic) bond motifs is 1. The molecule has 0 unspecified atom stereocenters. The summed E-state index contributed by atoms with van der Waals surface area (Å²) >= 11 is 0. The standard InChI is InChI=1S/C16H16N4/c1-20(2)15-7-3-12(4-8-15)10-17-14-6-5-13-11-18-19-16(13)9-14/h3-11H,1-2H3,(H,18,19). The molecule has 0 aliphatic heterocycles. The number of rotatable bonds is 3. The molecule has 100 valence electrons. The summed E-state index contributed by atoms with van der Waals surface area (Å²) < 4.78 is 0. The van der Waals surface area contributed by atoms with Gasteiger partial charge < -0.3 is 4.90 Å². The minimum absolute atomic E-state index is 0.915. The molecule has 0 bridgehead atoms. The van der Waals surface area contributed by atoms with Crippen LogP contribution < -0.4 is 4.90 Å². The van der Waals surface area contributed by atoms with E-state index in [4.69, 9.17) is 0 Å². The van der Waals surface area contributed by atoms with Gasteiger partial charge in [0.15, 0.2) is 0 Å². The molecular formula is C16H16N4. The van der Waals surface area contributed by atoms with Gasteiger partial charge in [-0.1, -0.05) is 12.1 Å². The molecule has 0 aliphatic rings. The first-order valence-corrected chi connectivity index (χ1v) is 6.47. The highest BCUT2D eigenvalue weighted by Gasteiger charge is 1.97. The number of H-pyrrole nitrogens is 1. The Kier molecular flexibility index (Phi) is 3.21. The summed E-state index contributed by atoms with van der Waals surface area (Å²) in [6.07, 6.45) is 3.68. The first-order chi connectivity index (χ1) is 9.72. The number of benzene rings is 2. The maximum atomic E-state index is 4.49. The molecule has 0 aliphatic carbocycles. The van der Waals surface area contributed by atoms with Crippen LogP contribution in [0.15, 0.2) is 53.7 Å². The van der Waals surface area contributed by atoms with Crippen LogP contribution in [-0.2, 0) is 0 Å². The van der Waals surface area contributed by atoms with Gasteiger partial charge in [0.05, 0.1) is 17.4 Å². The van der Waals surface area contributed by atoms with Crippen molar-refractivity contribution in [3.8, 4) is 0 Å². The van der Waals surface area contributed by atoms with Crippen LogP contribution in [0.4, 0.5) is 11.4 Å². The average molecular weight is 264 g/mol. The lowest BCUT2D eigenvalue weighted by atomic mass is 10.2. The highest BCUT2D eigenvalue weighted by molar-refractivity contribution is 5.85. The van der Waals surface area contributed by atoms with E-state index < -0.39 is 0 Å². The molecule has 1 aromatic heterocycles. The summed E-state index contributed by atoms with van der Waals surface area (Å²) in [5.41, 5.74) is 4.18. The molecule has 20 heavy (non-hydrogen) atoms. The number of nitrogens with zero attached hydrogens (tertiary/aromatic N) is 3. The molecule has 0 fully saturated rings. The molecule has 3 rings (SSSR count). The molecule has 3 aromatic rings. The lowest BCUT2D eigenvalue weighted by Crippen LogP contribution is -2.08. The van der Waals surface area contributed by atoms with Crippen molar-refractivity contribution < 1.29 is 0 Å². The summed E-state index contributed by atoms with van der Waals surface area (Å²) in [4.78, 5) is 6.57. The molecular weight excluding hydrogens is 248 g/mol. The number of anilines is 1. The average Bonchev–Trinajstić information content (AvgIpc) is 2.93. The summed E-state index contributed by atoms with van der Waals surface area (Å²) in [5.74, 6) is 0. The van der Waals surface area contributed by atoms with Gasteiger partial charge in [-0.25, -0.2) is 0 Å². The molecule has 0 spiro atoms. The number of nitrogens with one attached hydrogen (secondary N) is 1. The Morgan fingerprint density at radius 3 is 2.65 bits per heavy atom. The molecule has 2 aromatic carbocycles. The molecule has 4 nitrogen and oxygen atoms in total. The monoisotopic (exact) mass is 264 g/mol. The van der Waals surface area contributed by atoms with E-state index in [1.807, 2.05) is 44.7 Å². The van der Waals surface area contributed by atoms with Crippen molar-refractivity contribution in [3.05, 3.63) is 54.2 Å². The van der Waals surface area contributed by atoms with Crippen molar-refractivity contribution in [3.63, 3.8) is 0 Å². The van der Waals surface area contributed by atoms with Crippen LogP contribution in [0.25, 0.3) is 10.9 Å². The van der Waals surface area contributed by atoms with Crippen LogP contribution in [0, 0.1) is 0 Å². The van der Waals surface area contributed by atoms with E-state index in [2.05, 4.69) is 44.4 Å². The largest absolute Gasteiger partial charge is 0.378 e. The Bertz CT molecular complexity index is 739. The van der Waals surface area contributed by atoms with E-state index >= 15 is 0 Å². The van der Waals surface area contributed by atoms with Crippen LogP contribution in [0.3, 0.4) is 0 Å². The van der Waals surface area contributed by atoms with E-state index in [1.54, 1.807) is 0 Å². The Morgan fingerprint density at radius 2 is 1.90 bits per heavy atom. The predicted octanol–water partition coefficient (Wildman–Crippen LogP) is 3.38. The molecule has 0 radical (unpaired) electrons. The van der Waals surface area contributed by atoms with E-state index in [0.29, 0.717) is 0 Å². The Labute approximate surface area is 117 Å². The Balaban J connectivity index is 1.82. The van der Waals surface area contributed by atoms with Gasteiger partial charge in [0.1, 0.15) is 0 Å². The van der Waals surface area contributed by atoms with Crippen molar-refractivity contribution in [2.24, 2.45) is 4.99 Å². The highest BCUT2D eigenvalue weighted by Crippen LogP contribution is 2.19. The van der Waals surface area contributed by atoms with Gasteiger partial charge in [0.2, 0.25) is 0 Å².